The normalized spacial score (nSPS) is 13.5. The lowest BCUT2D eigenvalue weighted by Crippen LogP contribution is -2.28. The van der Waals surface area contributed by atoms with Gasteiger partial charge in [-0.1, -0.05) is 13.8 Å². The van der Waals surface area contributed by atoms with E-state index in [1.807, 2.05) is 27.7 Å². The number of rotatable bonds is 6. The Bertz CT molecular complexity index is 699. The molecule has 2 aromatic heterocycles. The second kappa shape index (κ2) is 6.25. The number of thiazole rings is 1. The third-order valence-corrected chi connectivity index (χ3v) is 5.85. The largest absolute Gasteiger partial charge is 0.332 e. The van der Waals surface area contributed by atoms with Gasteiger partial charge in [-0.3, -0.25) is 0 Å². The van der Waals surface area contributed by atoms with E-state index in [9.17, 15) is 8.42 Å². The van der Waals surface area contributed by atoms with Crippen molar-refractivity contribution in [1.82, 2.24) is 19.7 Å². The van der Waals surface area contributed by atoms with Gasteiger partial charge in [0.15, 0.2) is 5.03 Å². The molecular weight excluding hydrogens is 308 g/mol. The van der Waals surface area contributed by atoms with E-state index in [2.05, 4.69) is 19.7 Å². The summed E-state index contributed by atoms with van der Waals surface area (Å²) in [7, 11) is -3.61. The van der Waals surface area contributed by atoms with Crippen molar-refractivity contribution >= 4 is 21.4 Å². The van der Waals surface area contributed by atoms with Crippen LogP contribution in [0.25, 0.3) is 0 Å². The molecule has 0 bridgehead atoms. The first-order valence-corrected chi connectivity index (χ1v) is 9.17. The van der Waals surface area contributed by atoms with Crippen molar-refractivity contribution in [2.45, 2.75) is 51.6 Å². The number of nitrogens with one attached hydrogen (secondary N) is 2. The molecule has 0 radical (unpaired) electrons. The van der Waals surface area contributed by atoms with E-state index in [1.54, 1.807) is 0 Å². The fourth-order valence-electron chi connectivity index (χ4n) is 1.87. The van der Waals surface area contributed by atoms with Crippen LogP contribution in [0.2, 0.25) is 0 Å². The molecule has 2 N–H and O–H groups in total. The van der Waals surface area contributed by atoms with Crippen LogP contribution in [0, 0.1) is 13.8 Å². The standard InChI is InChI=1S/C13H20N4O2S2/c1-5-10(13-15-8(3)9(4)20-13)17-21(18,19)12-7-14-11(6-2)16-12/h7,10,17H,5-6H2,1-4H3,(H,14,16). The number of imidazole rings is 1. The first kappa shape index (κ1) is 16.1. The van der Waals surface area contributed by atoms with Gasteiger partial charge in [-0.15, -0.1) is 11.3 Å². The molecule has 0 spiro atoms. The highest BCUT2D eigenvalue weighted by atomic mass is 32.2. The van der Waals surface area contributed by atoms with Crippen molar-refractivity contribution in [2.24, 2.45) is 0 Å². The zero-order valence-electron chi connectivity index (χ0n) is 12.6. The first-order valence-electron chi connectivity index (χ1n) is 6.87. The van der Waals surface area contributed by atoms with E-state index in [1.165, 1.54) is 17.5 Å². The Hall–Kier alpha value is -1.25. The van der Waals surface area contributed by atoms with E-state index in [4.69, 9.17) is 0 Å². The quantitative estimate of drug-likeness (QED) is 0.852. The minimum Gasteiger partial charge on any atom is -0.332 e. The SMILES string of the molecule is CCc1ncc(S(=O)(=O)NC(CC)c2nc(C)c(C)s2)[nH]1. The van der Waals surface area contributed by atoms with Crippen molar-refractivity contribution < 1.29 is 8.42 Å². The van der Waals surface area contributed by atoms with Crippen LogP contribution < -0.4 is 4.72 Å². The van der Waals surface area contributed by atoms with Crippen molar-refractivity contribution in [1.29, 1.82) is 0 Å². The summed E-state index contributed by atoms with van der Waals surface area (Å²) in [5.41, 5.74) is 0.947. The smallest absolute Gasteiger partial charge is 0.258 e. The lowest BCUT2D eigenvalue weighted by Gasteiger charge is -2.13. The number of aromatic amines is 1. The molecule has 0 saturated heterocycles. The third-order valence-electron chi connectivity index (χ3n) is 3.28. The van der Waals surface area contributed by atoms with Crippen LogP contribution in [0.3, 0.4) is 0 Å². The van der Waals surface area contributed by atoms with Crippen molar-refractivity contribution in [2.75, 3.05) is 0 Å². The van der Waals surface area contributed by atoms with Crippen LogP contribution in [0.5, 0.6) is 0 Å². The summed E-state index contributed by atoms with van der Waals surface area (Å²) in [6.45, 7) is 7.77. The molecule has 1 atom stereocenters. The fourth-order valence-corrected chi connectivity index (χ4v) is 4.22. The molecule has 8 heteroatoms. The molecule has 0 saturated carbocycles. The van der Waals surface area contributed by atoms with Crippen LogP contribution in [-0.2, 0) is 16.4 Å². The average molecular weight is 328 g/mol. The van der Waals surface area contributed by atoms with Gasteiger partial charge in [-0.25, -0.2) is 18.4 Å². The minimum absolute atomic E-state index is 0.0998. The molecule has 0 aromatic carbocycles. The Morgan fingerprint density at radius 2 is 2.10 bits per heavy atom. The molecule has 1 unspecified atom stereocenters. The minimum atomic E-state index is -3.61. The molecule has 0 aliphatic heterocycles. The van der Waals surface area contributed by atoms with Gasteiger partial charge in [-0.2, -0.15) is 4.72 Å². The highest BCUT2D eigenvalue weighted by Gasteiger charge is 2.24. The second-order valence-corrected chi connectivity index (χ2v) is 7.74. The Labute approximate surface area is 129 Å². The number of hydrogen-bond acceptors (Lipinski definition) is 5. The molecule has 0 aliphatic carbocycles. The maximum Gasteiger partial charge on any atom is 0.258 e. The molecule has 2 aromatic rings. The predicted octanol–water partition coefficient (Wildman–Crippen LogP) is 2.48. The molecule has 2 rings (SSSR count). The van der Waals surface area contributed by atoms with Crippen LogP contribution in [0.4, 0.5) is 0 Å². The number of aryl methyl sites for hydroxylation is 3. The maximum absolute atomic E-state index is 12.4. The number of H-pyrrole nitrogens is 1. The molecule has 21 heavy (non-hydrogen) atoms. The van der Waals surface area contributed by atoms with Gasteiger partial charge >= 0.3 is 0 Å². The predicted molar refractivity (Wildman–Crippen MR) is 82.9 cm³/mol. The Morgan fingerprint density at radius 1 is 1.38 bits per heavy atom. The van der Waals surface area contributed by atoms with Gasteiger partial charge in [0, 0.05) is 11.3 Å². The third kappa shape index (κ3) is 3.50. The van der Waals surface area contributed by atoms with Gasteiger partial charge in [0.1, 0.15) is 10.8 Å². The average Bonchev–Trinajstić information content (AvgIpc) is 3.04. The van der Waals surface area contributed by atoms with E-state index in [0.717, 1.165) is 15.6 Å². The highest BCUT2D eigenvalue weighted by molar-refractivity contribution is 7.89. The summed E-state index contributed by atoms with van der Waals surface area (Å²) < 4.78 is 27.5. The summed E-state index contributed by atoms with van der Waals surface area (Å²) in [5, 5.41) is 0.897. The molecule has 0 fully saturated rings. The van der Waals surface area contributed by atoms with Gasteiger partial charge < -0.3 is 4.98 Å². The molecule has 0 amide bonds. The van der Waals surface area contributed by atoms with Gasteiger partial charge in [0.2, 0.25) is 0 Å². The van der Waals surface area contributed by atoms with Crippen LogP contribution in [0.1, 0.15) is 47.7 Å². The zero-order chi connectivity index (χ0) is 15.6. The van der Waals surface area contributed by atoms with Crippen molar-refractivity contribution in [3.63, 3.8) is 0 Å². The van der Waals surface area contributed by atoms with E-state index in [0.29, 0.717) is 18.7 Å². The Kier molecular flexibility index (Phi) is 4.80. The zero-order valence-corrected chi connectivity index (χ0v) is 14.2. The number of sulfonamides is 1. The maximum atomic E-state index is 12.4. The fraction of sp³-hybridized carbons (Fsp3) is 0.538. The first-order chi connectivity index (χ1) is 9.87. The van der Waals surface area contributed by atoms with E-state index in [-0.39, 0.29) is 11.1 Å². The summed E-state index contributed by atoms with van der Waals surface area (Å²) in [6.07, 6.45) is 2.66. The molecule has 0 aliphatic rings. The monoisotopic (exact) mass is 328 g/mol. The number of hydrogen-bond donors (Lipinski definition) is 2. The van der Waals surface area contributed by atoms with Gasteiger partial charge in [-0.05, 0) is 20.3 Å². The highest BCUT2D eigenvalue weighted by Crippen LogP contribution is 2.26. The van der Waals surface area contributed by atoms with Gasteiger partial charge in [0.05, 0.1) is 17.9 Å². The van der Waals surface area contributed by atoms with Gasteiger partial charge in [0.25, 0.3) is 10.0 Å². The molecule has 116 valence electrons. The van der Waals surface area contributed by atoms with E-state index >= 15 is 0 Å². The lowest BCUT2D eigenvalue weighted by molar-refractivity contribution is 0.545. The Morgan fingerprint density at radius 3 is 2.57 bits per heavy atom. The topological polar surface area (TPSA) is 87.7 Å². The lowest BCUT2D eigenvalue weighted by atomic mass is 10.2. The van der Waals surface area contributed by atoms with Crippen LogP contribution >= 0.6 is 11.3 Å². The van der Waals surface area contributed by atoms with E-state index < -0.39 is 10.0 Å². The number of aromatic nitrogens is 3. The summed E-state index contributed by atoms with van der Waals surface area (Å²) in [4.78, 5) is 12.4. The van der Waals surface area contributed by atoms with Crippen molar-refractivity contribution in [3.8, 4) is 0 Å². The summed E-state index contributed by atoms with van der Waals surface area (Å²) >= 11 is 1.53. The summed E-state index contributed by atoms with van der Waals surface area (Å²) in [5.74, 6) is 0.657. The Balaban J connectivity index is 2.24. The molecular formula is C13H20N4O2S2. The molecule has 6 nitrogen and oxygen atoms in total. The van der Waals surface area contributed by atoms with Crippen molar-refractivity contribution in [3.05, 3.63) is 27.6 Å². The second-order valence-electron chi connectivity index (χ2n) is 4.82. The van der Waals surface area contributed by atoms with Crippen LogP contribution in [0.15, 0.2) is 11.2 Å². The summed E-state index contributed by atoms with van der Waals surface area (Å²) in [6, 6.07) is -0.319. The van der Waals surface area contributed by atoms with Crippen LogP contribution in [-0.4, -0.2) is 23.4 Å². The number of nitrogens with zero attached hydrogens (tertiary/aromatic N) is 2. The molecule has 2 heterocycles.